The van der Waals surface area contributed by atoms with Crippen molar-refractivity contribution in [3.8, 4) is 11.3 Å². The molecule has 0 atom stereocenters. The van der Waals surface area contributed by atoms with E-state index in [-0.39, 0.29) is 11.8 Å². The van der Waals surface area contributed by atoms with Crippen molar-refractivity contribution < 1.29 is 4.79 Å². The summed E-state index contributed by atoms with van der Waals surface area (Å²) in [6, 6.07) is 18.4. The van der Waals surface area contributed by atoms with Gasteiger partial charge in [-0.1, -0.05) is 61.7 Å². The zero-order valence-electron chi connectivity index (χ0n) is 16.8. The smallest absolute Gasteiger partial charge is 0.227 e. The first-order chi connectivity index (χ1) is 14.2. The number of hydrogen-bond donors (Lipinski definition) is 1. The van der Waals surface area contributed by atoms with Crippen LogP contribution in [0.4, 0.5) is 10.8 Å². The molecule has 1 aliphatic rings. The number of carbonyl (C=O) groups is 1. The van der Waals surface area contributed by atoms with Crippen LogP contribution in [0, 0.1) is 5.92 Å². The van der Waals surface area contributed by atoms with E-state index in [9.17, 15) is 4.79 Å². The summed E-state index contributed by atoms with van der Waals surface area (Å²) in [6.07, 6.45) is 5.63. The van der Waals surface area contributed by atoms with E-state index >= 15 is 0 Å². The van der Waals surface area contributed by atoms with E-state index in [2.05, 4.69) is 46.9 Å². The summed E-state index contributed by atoms with van der Waals surface area (Å²) >= 11 is 1.65. The molecule has 0 unspecified atom stereocenters. The third-order valence-electron chi connectivity index (χ3n) is 5.51. The summed E-state index contributed by atoms with van der Waals surface area (Å²) in [7, 11) is 2.07. The van der Waals surface area contributed by atoms with Crippen LogP contribution in [0.2, 0.25) is 0 Å². The van der Waals surface area contributed by atoms with Crippen LogP contribution in [0.15, 0.2) is 60.0 Å². The Balaban J connectivity index is 1.38. The monoisotopic (exact) mass is 405 g/mol. The standard InChI is InChI=1S/C24H27N3OS/c1-27(16-18-8-4-2-5-9-18)24-26-22(17-29-24)19-12-14-21(15-13-19)25-23(28)20-10-6-3-7-11-20/h2,4-5,8-9,12-15,17,20H,3,6-7,10-11,16H2,1H3,(H,25,28). The van der Waals surface area contributed by atoms with Crippen LogP contribution in [-0.2, 0) is 11.3 Å². The van der Waals surface area contributed by atoms with Crippen LogP contribution >= 0.6 is 11.3 Å². The lowest BCUT2D eigenvalue weighted by Crippen LogP contribution is -2.24. The molecule has 0 radical (unpaired) electrons. The maximum Gasteiger partial charge on any atom is 0.227 e. The van der Waals surface area contributed by atoms with Gasteiger partial charge in [0.2, 0.25) is 5.91 Å². The maximum atomic E-state index is 12.4. The van der Waals surface area contributed by atoms with Gasteiger partial charge in [0.15, 0.2) is 5.13 Å². The molecule has 0 aliphatic heterocycles. The molecule has 4 nitrogen and oxygen atoms in total. The third-order valence-corrected chi connectivity index (χ3v) is 6.46. The Morgan fingerprint density at radius 3 is 2.52 bits per heavy atom. The van der Waals surface area contributed by atoms with E-state index in [1.54, 1.807) is 11.3 Å². The summed E-state index contributed by atoms with van der Waals surface area (Å²) in [6.45, 7) is 0.833. The minimum atomic E-state index is 0.163. The zero-order valence-corrected chi connectivity index (χ0v) is 17.6. The number of amides is 1. The average Bonchev–Trinajstić information content (AvgIpc) is 3.26. The molecule has 29 heavy (non-hydrogen) atoms. The van der Waals surface area contributed by atoms with Gasteiger partial charge in [0.05, 0.1) is 5.69 Å². The predicted octanol–water partition coefficient (Wildman–Crippen LogP) is 5.97. The molecule has 1 N–H and O–H groups in total. The zero-order chi connectivity index (χ0) is 20.1. The van der Waals surface area contributed by atoms with Gasteiger partial charge in [-0.15, -0.1) is 11.3 Å². The topological polar surface area (TPSA) is 45.2 Å². The van der Waals surface area contributed by atoms with Crippen molar-refractivity contribution in [3.63, 3.8) is 0 Å². The average molecular weight is 406 g/mol. The van der Waals surface area contributed by atoms with Crippen molar-refractivity contribution in [1.82, 2.24) is 4.98 Å². The fourth-order valence-electron chi connectivity index (χ4n) is 3.83. The molecular weight excluding hydrogens is 378 g/mol. The van der Waals surface area contributed by atoms with Crippen molar-refractivity contribution in [2.45, 2.75) is 38.6 Å². The van der Waals surface area contributed by atoms with E-state index in [1.807, 2.05) is 30.3 Å². The van der Waals surface area contributed by atoms with Crippen molar-refractivity contribution in [2.75, 3.05) is 17.3 Å². The number of anilines is 2. The second-order valence-corrected chi connectivity index (χ2v) is 8.60. The summed E-state index contributed by atoms with van der Waals surface area (Å²) in [5.74, 6) is 0.334. The molecule has 1 aromatic heterocycles. The number of benzene rings is 2. The minimum absolute atomic E-state index is 0.163. The fourth-order valence-corrected chi connectivity index (χ4v) is 4.63. The molecule has 1 aliphatic carbocycles. The van der Waals surface area contributed by atoms with Crippen LogP contribution < -0.4 is 10.2 Å². The third kappa shape index (κ3) is 5.04. The van der Waals surface area contributed by atoms with Crippen LogP contribution in [-0.4, -0.2) is 17.9 Å². The van der Waals surface area contributed by atoms with Crippen molar-refractivity contribution in [1.29, 1.82) is 0 Å². The second-order valence-electron chi connectivity index (χ2n) is 7.76. The summed E-state index contributed by atoms with van der Waals surface area (Å²) < 4.78 is 0. The molecule has 5 heteroatoms. The molecule has 2 aromatic carbocycles. The van der Waals surface area contributed by atoms with Gasteiger partial charge in [0, 0.05) is 36.1 Å². The molecule has 150 valence electrons. The Bertz CT molecular complexity index is 930. The van der Waals surface area contributed by atoms with Gasteiger partial charge >= 0.3 is 0 Å². The second kappa shape index (κ2) is 9.23. The highest BCUT2D eigenvalue weighted by atomic mass is 32.1. The van der Waals surface area contributed by atoms with Gasteiger partial charge in [-0.25, -0.2) is 4.98 Å². The predicted molar refractivity (Wildman–Crippen MR) is 121 cm³/mol. The number of nitrogens with zero attached hydrogens (tertiary/aromatic N) is 2. The number of carbonyl (C=O) groups excluding carboxylic acids is 1. The Hall–Kier alpha value is -2.66. The lowest BCUT2D eigenvalue weighted by Gasteiger charge is -2.20. The number of nitrogens with one attached hydrogen (secondary N) is 1. The van der Waals surface area contributed by atoms with Gasteiger partial charge in [0.1, 0.15) is 0 Å². The highest BCUT2D eigenvalue weighted by molar-refractivity contribution is 7.14. The van der Waals surface area contributed by atoms with E-state index in [4.69, 9.17) is 4.98 Å². The Morgan fingerprint density at radius 1 is 1.07 bits per heavy atom. The SMILES string of the molecule is CN(Cc1ccccc1)c1nc(-c2ccc(NC(=O)C3CCCCC3)cc2)cs1. The Morgan fingerprint density at radius 2 is 1.79 bits per heavy atom. The Labute approximate surface area is 176 Å². The molecule has 1 amide bonds. The van der Waals surface area contributed by atoms with Crippen LogP contribution in [0.25, 0.3) is 11.3 Å². The van der Waals surface area contributed by atoms with Crippen molar-refractivity contribution in [2.24, 2.45) is 5.92 Å². The van der Waals surface area contributed by atoms with Crippen molar-refractivity contribution in [3.05, 3.63) is 65.5 Å². The first kappa shape index (κ1) is 19.6. The number of aromatic nitrogens is 1. The molecule has 0 spiro atoms. The quantitative estimate of drug-likeness (QED) is 0.550. The van der Waals surface area contributed by atoms with Gasteiger partial charge in [-0.05, 0) is 30.5 Å². The van der Waals surface area contributed by atoms with Gasteiger partial charge in [-0.3, -0.25) is 4.79 Å². The molecule has 0 saturated heterocycles. The van der Waals surface area contributed by atoms with Crippen LogP contribution in [0.3, 0.4) is 0 Å². The summed E-state index contributed by atoms with van der Waals surface area (Å²) in [5, 5.41) is 6.16. The van der Waals surface area contributed by atoms with E-state index < -0.39 is 0 Å². The summed E-state index contributed by atoms with van der Waals surface area (Å²) in [4.78, 5) is 19.4. The Kier molecular flexibility index (Phi) is 6.25. The molecule has 4 rings (SSSR count). The molecule has 1 heterocycles. The first-order valence-electron chi connectivity index (χ1n) is 10.3. The normalized spacial score (nSPS) is 14.5. The van der Waals surface area contributed by atoms with Gasteiger partial charge in [0.25, 0.3) is 0 Å². The highest BCUT2D eigenvalue weighted by Crippen LogP contribution is 2.29. The lowest BCUT2D eigenvalue weighted by molar-refractivity contribution is -0.120. The lowest BCUT2D eigenvalue weighted by atomic mass is 9.88. The molecule has 3 aromatic rings. The molecular formula is C24H27N3OS. The summed E-state index contributed by atoms with van der Waals surface area (Å²) in [5.41, 5.74) is 4.16. The largest absolute Gasteiger partial charge is 0.347 e. The van der Waals surface area contributed by atoms with E-state index in [0.717, 1.165) is 41.5 Å². The van der Waals surface area contributed by atoms with E-state index in [0.29, 0.717) is 0 Å². The fraction of sp³-hybridized carbons (Fsp3) is 0.333. The highest BCUT2D eigenvalue weighted by Gasteiger charge is 2.21. The van der Waals surface area contributed by atoms with Crippen molar-refractivity contribution >= 4 is 28.1 Å². The van der Waals surface area contributed by atoms with Crippen LogP contribution in [0.5, 0.6) is 0 Å². The number of rotatable bonds is 6. The molecule has 1 fully saturated rings. The maximum absolute atomic E-state index is 12.4. The number of hydrogen-bond acceptors (Lipinski definition) is 4. The van der Waals surface area contributed by atoms with Gasteiger partial charge in [-0.2, -0.15) is 0 Å². The minimum Gasteiger partial charge on any atom is -0.347 e. The van der Waals surface area contributed by atoms with E-state index in [1.165, 1.54) is 24.8 Å². The molecule has 1 saturated carbocycles. The number of thiazole rings is 1. The van der Waals surface area contributed by atoms with Crippen LogP contribution in [0.1, 0.15) is 37.7 Å². The van der Waals surface area contributed by atoms with Gasteiger partial charge < -0.3 is 10.2 Å². The molecule has 0 bridgehead atoms. The first-order valence-corrected chi connectivity index (χ1v) is 11.2.